The molecule has 11 heteroatoms. The molecule has 0 spiro atoms. The first-order chi connectivity index (χ1) is 15.0. The van der Waals surface area contributed by atoms with Crippen molar-refractivity contribution >= 4 is 18.3 Å². The maximum absolute atomic E-state index is 12.3. The number of pyridine rings is 1. The summed E-state index contributed by atoms with van der Waals surface area (Å²) in [7, 11) is 0. The van der Waals surface area contributed by atoms with Gasteiger partial charge in [0, 0.05) is 44.0 Å². The molecule has 1 fully saturated rings. The Kier molecular flexibility index (Phi) is 10.1. The summed E-state index contributed by atoms with van der Waals surface area (Å²) in [5.74, 6) is -0.479. The number of nitrogens with one attached hydrogen (secondary N) is 2. The third-order valence-corrected chi connectivity index (χ3v) is 4.97. The van der Waals surface area contributed by atoms with Crippen molar-refractivity contribution in [2.75, 3.05) is 6.54 Å². The molecule has 2 aromatic heterocycles. The van der Waals surface area contributed by atoms with Gasteiger partial charge in [-0.3, -0.25) is 24.0 Å². The van der Waals surface area contributed by atoms with E-state index in [0.717, 1.165) is 12.0 Å². The molecule has 3 atom stereocenters. The number of aromatic nitrogens is 4. The van der Waals surface area contributed by atoms with E-state index in [2.05, 4.69) is 25.9 Å². The number of aliphatic hydroxyl groups is 1. The average molecular weight is 432 g/mol. The molecule has 2 heterocycles. The minimum atomic E-state index is -0.698. The molecule has 11 nitrogen and oxygen atoms in total. The van der Waals surface area contributed by atoms with Crippen LogP contribution >= 0.6 is 0 Å². The van der Waals surface area contributed by atoms with Gasteiger partial charge < -0.3 is 20.8 Å². The lowest BCUT2D eigenvalue weighted by molar-refractivity contribution is -0.125. The minimum Gasteiger partial charge on any atom is -0.483 e. The summed E-state index contributed by atoms with van der Waals surface area (Å²) in [6.07, 6.45) is 8.61. The van der Waals surface area contributed by atoms with Crippen LogP contribution in [-0.4, -0.2) is 67.2 Å². The standard InChI is InChI=1S/C19H26N6O3.CH2O2/c26-17-13-15(19(28)21-6-1-10-25-11-9-22-24-25)12-16(17)23-18(27)3-2-14-4-7-20-8-5-14;2-1-3/h4-5,7-9,11,15-17,26H,1-3,6,10,12-13H2,(H,21,28)(H,23,27);1H,(H,2,3)/t15-,16+,17+;/m0./s1. The second-order valence-corrected chi connectivity index (χ2v) is 7.18. The summed E-state index contributed by atoms with van der Waals surface area (Å²) in [5.41, 5.74) is 1.04. The number of rotatable bonds is 9. The highest BCUT2D eigenvalue weighted by atomic mass is 16.3. The predicted octanol–water partition coefficient (Wildman–Crippen LogP) is -0.231. The summed E-state index contributed by atoms with van der Waals surface area (Å²) in [6.45, 7) is 0.970. The Bertz CT molecular complexity index is 802. The molecule has 4 N–H and O–H groups in total. The molecule has 1 aliphatic rings. The van der Waals surface area contributed by atoms with E-state index in [-0.39, 0.29) is 30.2 Å². The minimum absolute atomic E-state index is 0.0776. The van der Waals surface area contributed by atoms with Crippen molar-refractivity contribution in [1.29, 1.82) is 0 Å². The average Bonchev–Trinajstić information content (AvgIpc) is 3.41. The molecule has 31 heavy (non-hydrogen) atoms. The summed E-state index contributed by atoms with van der Waals surface area (Å²) < 4.78 is 1.71. The summed E-state index contributed by atoms with van der Waals surface area (Å²) >= 11 is 0. The highest BCUT2D eigenvalue weighted by Crippen LogP contribution is 2.26. The molecule has 0 bridgehead atoms. The van der Waals surface area contributed by atoms with Crippen LogP contribution in [0.25, 0.3) is 0 Å². The molecule has 1 aliphatic carbocycles. The van der Waals surface area contributed by atoms with Gasteiger partial charge in [0.15, 0.2) is 0 Å². The zero-order chi connectivity index (χ0) is 22.5. The Balaban J connectivity index is 0.00000107. The molecule has 168 valence electrons. The second kappa shape index (κ2) is 13.1. The maximum Gasteiger partial charge on any atom is 0.290 e. The second-order valence-electron chi connectivity index (χ2n) is 7.18. The largest absolute Gasteiger partial charge is 0.483 e. The molecule has 2 amide bonds. The van der Waals surface area contributed by atoms with Gasteiger partial charge in [0.1, 0.15) is 0 Å². The van der Waals surface area contributed by atoms with Gasteiger partial charge in [-0.15, -0.1) is 5.10 Å². The maximum atomic E-state index is 12.3. The van der Waals surface area contributed by atoms with E-state index in [0.29, 0.717) is 38.8 Å². The van der Waals surface area contributed by atoms with Crippen LogP contribution in [0.1, 0.15) is 31.2 Å². The van der Waals surface area contributed by atoms with Gasteiger partial charge in [-0.05, 0) is 43.4 Å². The van der Waals surface area contributed by atoms with E-state index < -0.39 is 6.10 Å². The molecule has 0 unspecified atom stereocenters. The number of nitrogens with zero attached hydrogens (tertiary/aromatic N) is 4. The Morgan fingerprint density at radius 1 is 1.23 bits per heavy atom. The van der Waals surface area contributed by atoms with Crippen LogP contribution in [0.3, 0.4) is 0 Å². The number of amides is 2. The van der Waals surface area contributed by atoms with Crippen LogP contribution in [0.4, 0.5) is 0 Å². The van der Waals surface area contributed by atoms with Gasteiger partial charge in [-0.25, -0.2) is 0 Å². The van der Waals surface area contributed by atoms with Crippen molar-refractivity contribution in [3.05, 3.63) is 42.5 Å². The number of carbonyl (C=O) groups is 3. The number of hydrogen-bond donors (Lipinski definition) is 4. The third kappa shape index (κ3) is 8.51. The van der Waals surface area contributed by atoms with E-state index in [1.807, 2.05) is 12.1 Å². The lowest BCUT2D eigenvalue weighted by atomic mass is 10.1. The molecule has 1 saturated carbocycles. The highest BCUT2D eigenvalue weighted by molar-refractivity contribution is 5.80. The van der Waals surface area contributed by atoms with Crippen LogP contribution in [0, 0.1) is 5.92 Å². The van der Waals surface area contributed by atoms with Crippen molar-refractivity contribution in [1.82, 2.24) is 30.6 Å². The van der Waals surface area contributed by atoms with Crippen molar-refractivity contribution < 1.29 is 24.6 Å². The summed E-state index contributed by atoms with van der Waals surface area (Å²) in [5, 5.41) is 30.5. The van der Waals surface area contributed by atoms with Crippen LogP contribution in [0.2, 0.25) is 0 Å². The van der Waals surface area contributed by atoms with E-state index in [1.165, 1.54) is 0 Å². The van der Waals surface area contributed by atoms with Crippen LogP contribution < -0.4 is 10.6 Å². The monoisotopic (exact) mass is 432 g/mol. The van der Waals surface area contributed by atoms with Crippen molar-refractivity contribution in [2.24, 2.45) is 5.92 Å². The molecule has 0 radical (unpaired) electrons. The smallest absolute Gasteiger partial charge is 0.290 e. The van der Waals surface area contributed by atoms with Crippen molar-refractivity contribution in [2.45, 2.75) is 50.8 Å². The normalized spacial score (nSPS) is 19.7. The SMILES string of the molecule is O=C(CCc1ccncc1)N[C@@H]1C[C@H](C(=O)NCCCn2ccnn2)C[C@H]1O.O=CO. The Labute approximate surface area is 179 Å². The topological polar surface area (TPSA) is 159 Å². The molecule has 0 aromatic carbocycles. The van der Waals surface area contributed by atoms with Gasteiger partial charge in [0.2, 0.25) is 11.8 Å². The Hall–Kier alpha value is -3.34. The molecule has 0 saturated heterocycles. The Morgan fingerprint density at radius 3 is 2.65 bits per heavy atom. The fraction of sp³-hybridized carbons (Fsp3) is 0.500. The third-order valence-electron chi connectivity index (χ3n) is 4.97. The van der Waals surface area contributed by atoms with Crippen LogP contribution in [-0.2, 0) is 27.3 Å². The fourth-order valence-corrected chi connectivity index (χ4v) is 3.42. The van der Waals surface area contributed by atoms with Crippen molar-refractivity contribution in [3.63, 3.8) is 0 Å². The molecular weight excluding hydrogens is 404 g/mol. The molecule has 0 aliphatic heterocycles. The van der Waals surface area contributed by atoms with Gasteiger partial charge in [0.05, 0.1) is 18.3 Å². The Morgan fingerprint density at radius 2 is 1.97 bits per heavy atom. The van der Waals surface area contributed by atoms with E-state index in [1.54, 1.807) is 29.5 Å². The summed E-state index contributed by atoms with van der Waals surface area (Å²) in [6, 6.07) is 3.37. The lowest BCUT2D eigenvalue weighted by Gasteiger charge is -2.16. The van der Waals surface area contributed by atoms with Gasteiger partial charge in [-0.2, -0.15) is 0 Å². The molecular formula is C20H28N6O5. The highest BCUT2D eigenvalue weighted by Gasteiger charge is 2.37. The number of aliphatic hydroxyl groups excluding tert-OH is 1. The number of carboxylic acid groups (broad SMARTS) is 1. The first-order valence-corrected chi connectivity index (χ1v) is 10.1. The molecule has 3 rings (SSSR count). The number of aryl methyl sites for hydroxylation is 2. The van der Waals surface area contributed by atoms with E-state index in [4.69, 9.17) is 9.90 Å². The van der Waals surface area contributed by atoms with Gasteiger partial charge in [-0.1, -0.05) is 5.21 Å². The van der Waals surface area contributed by atoms with Crippen LogP contribution in [0.5, 0.6) is 0 Å². The van der Waals surface area contributed by atoms with Crippen LogP contribution in [0.15, 0.2) is 36.9 Å². The van der Waals surface area contributed by atoms with Crippen molar-refractivity contribution in [3.8, 4) is 0 Å². The zero-order valence-corrected chi connectivity index (χ0v) is 17.1. The van der Waals surface area contributed by atoms with Gasteiger partial charge in [0.25, 0.3) is 6.47 Å². The van der Waals surface area contributed by atoms with E-state index >= 15 is 0 Å². The summed E-state index contributed by atoms with van der Waals surface area (Å²) in [4.78, 5) is 36.8. The molecule has 2 aromatic rings. The first-order valence-electron chi connectivity index (χ1n) is 10.1. The lowest BCUT2D eigenvalue weighted by Crippen LogP contribution is -2.40. The fourth-order valence-electron chi connectivity index (χ4n) is 3.42. The zero-order valence-electron chi connectivity index (χ0n) is 17.1. The number of carbonyl (C=O) groups excluding carboxylic acids is 2. The number of hydrogen-bond acceptors (Lipinski definition) is 7. The predicted molar refractivity (Wildman–Crippen MR) is 110 cm³/mol. The van der Waals surface area contributed by atoms with Gasteiger partial charge >= 0.3 is 0 Å². The quantitative estimate of drug-likeness (QED) is 0.312. The first kappa shape index (κ1) is 23.9. The van der Waals surface area contributed by atoms with E-state index in [9.17, 15) is 14.7 Å².